The fourth-order valence-corrected chi connectivity index (χ4v) is 5.01. The van der Waals surface area contributed by atoms with Gasteiger partial charge in [0.05, 0.1) is 0 Å². The molecule has 1 fully saturated rings. The number of hydrogen-bond donors (Lipinski definition) is 0. The lowest BCUT2D eigenvalue weighted by atomic mass is 9.78. The Morgan fingerprint density at radius 2 is 1.37 bits per heavy atom. The molecule has 2 heteroatoms. The van der Waals surface area contributed by atoms with Crippen LogP contribution < -0.4 is 0 Å². The van der Waals surface area contributed by atoms with E-state index in [1.807, 2.05) is 24.3 Å². The van der Waals surface area contributed by atoms with Crippen LogP contribution >= 0.6 is 0 Å². The minimum Gasteiger partial charge on any atom is -0.203 e. The van der Waals surface area contributed by atoms with Gasteiger partial charge in [0.25, 0.3) is 0 Å². The zero-order chi connectivity index (χ0) is 21.3. The first kappa shape index (κ1) is 23.0. The number of hydrogen-bond acceptors (Lipinski definition) is 0. The van der Waals surface area contributed by atoms with Gasteiger partial charge in [0.2, 0.25) is 0 Å². The summed E-state index contributed by atoms with van der Waals surface area (Å²) in [5.41, 5.74) is 2.92. The van der Waals surface area contributed by atoms with Gasteiger partial charge in [0.15, 0.2) is 11.6 Å². The van der Waals surface area contributed by atoms with Crippen LogP contribution in [-0.4, -0.2) is 0 Å². The van der Waals surface area contributed by atoms with Crippen molar-refractivity contribution < 1.29 is 8.78 Å². The van der Waals surface area contributed by atoms with E-state index in [1.165, 1.54) is 63.4 Å². The lowest BCUT2D eigenvalue weighted by Crippen LogP contribution is -2.15. The maximum atomic E-state index is 14.8. The molecule has 0 spiro atoms. The fourth-order valence-electron chi connectivity index (χ4n) is 5.01. The Kier molecular flexibility index (Phi) is 8.90. The third-order valence-corrected chi connectivity index (χ3v) is 6.98. The minimum absolute atomic E-state index is 0.372. The summed E-state index contributed by atoms with van der Waals surface area (Å²) in [7, 11) is 0. The van der Waals surface area contributed by atoms with E-state index >= 15 is 0 Å². The number of halogens is 2. The van der Waals surface area contributed by atoms with E-state index in [0.29, 0.717) is 23.5 Å². The number of benzene rings is 2. The standard InChI is InChI=1S/C28H38F2/c1-3-5-6-8-22-13-16-24(17-14-22)26-20-19-25(27(29)28(26)30)18-15-23-11-9-21(7-4-2)10-12-23/h13-14,16-17,19-21,23H,3-12,15,18H2,1-2H3/t21-,23-. The average molecular weight is 413 g/mol. The summed E-state index contributed by atoms with van der Waals surface area (Å²) >= 11 is 0. The van der Waals surface area contributed by atoms with Gasteiger partial charge in [-0.1, -0.05) is 102 Å². The van der Waals surface area contributed by atoms with Crippen LogP contribution in [0.5, 0.6) is 0 Å². The van der Waals surface area contributed by atoms with Crippen molar-refractivity contribution in [3.05, 3.63) is 59.2 Å². The third-order valence-electron chi connectivity index (χ3n) is 6.98. The maximum absolute atomic E-state index is 14.8. The first-order chi connectivity index (χ1) is 14.6. The molecule has 0 atom stereocenters. The van der Waals surface area contributed by atoms with E-state index in [2.05, 4.69) is 13.8 Å². The largest absolute Gasteiger partial charge is 0.203 e. The zero-order valence-electron chi connectivity index (χ0n) is 18.9. The van der Waals surface area contributed by atoms with Crippen molar-refractivity contribution in [1.29, 1.82) is 0 Å². The van der Waals surface area contributed by atoms with Crippen LogP contribution in [0.1, 0.15) is 89.2 Å². The summed E-state index contributed by atoms with van der Waals surface area (Å²) in [5.74, 6) is 0.204. The summed E-state index contributed by atoms with van der Waals surface area (Å²) in [4.78, 5) is 0. The van der Waals surface area contributed by atoms with Crippen molar-refractivity contribution in [2.75, 3.05) is 0 Å². The smallest absolute Gasteiger partial charge is 0.166 e. The lowest BCUT2D eigenvalue weighted by molar-refractivity contribution is 0.251. The van der Waals surface area contributed by atoms with Gasteiger partial charge < -0.3 is 0 Å². The van der Waals surface area contributed by atoms with E-state index in [-0.39, 0.29) is 0 Å². The van der Waals surface area contributed by atoms with Crippen molar-refractivity contribution in [1.82, 2.24) is 0 Å². The van der Waals surface area contributed by atoms with Crippen LogP contribution in [0.4, 0.5) is 8.78 Å². The van der Waals surface area contributed by atoms with Crippen LogP contribution in [0.2, 0.25) is 0 Å². The molecule has 1 aliphatic carbocycles. The van der Waals surface area contributed by atoms with Crippen LogP contribution in [0.25, 0.3) is 11.1 Å². The zero-order valence-corrected chi connectivity index (χ0v) is 18.9. The van der Waals surface area contributed by atoms with Gasteiger partial charge in [-0.25, -0.2) is 8.78 Å². The summed E-state index contributed by atoms with van der Waals surface area (Å²) in [6.45, 7) is 4.46. The Bertz CT molecular complexity index is 770. The van der Waals surface area contributed by atoms with Gasteiger partial charge in [-0.15, -0.1) is 0 Å². The molecule has 30 heavy (non-hydrogen) atoms. The minimum atomic E-state index is -0.696. The Morgan fingerprint density at radius 1 is 0.700 bits per heavy atom. The van der Waals surface area contributed by atoms with Crippen molar-refractivity contribution in [3.8, 4) is 11.1 Å². The molecule has 0 heterocycles. The van der Waals surface area contributed by atoms with Gasteiger partial charge in [-0.2, -0.15) is 0 Å². The second kappa shape index (κ2) is 11.6. The fraction of sp³-hybridized carbons (Fsp3) is 0.571. The molecular weight excluding hydrogens is 374 g/mol. The van der Waals surface area contributed by atoms with Crippen LogP contribution in [0, 0.1) is 23.5 Å². The van der Waals surface area contributed by atoms with Crippen molar-refractivity contribution >= 4 is 0 Å². The predicted molar refractivity (Wildman–Crippen MR) is 124 cm³/mol. The molecule has 0 saturated heterocycles. The third kappa shape index (κ3) is 6.15. The van der Waals surface area contributed by atoms with Crippen LogP contribution in [0.15, 0.2) is 36.4 Å². The predicted octanol–water partition coefficient (Wildman–Crippen LogP) is 8.90. The molecule has 164 valence electrons. The SMILES string of the molecule is CCCCCc1ccc(-c2ccc(CC[C@H]3CC[C@H](CCC)CC3)c(F)c2F)cc1. The van der Waals surface area contributed by atoms with Gasteiger partial charge in [-0.05, 0) is 54.2 Å². The van der Waals surface area contributed by atoms with Crippen molar-refractivity contribution in [2.45, 2.75) is 90.9 Å². The molecule has 3 rings (SSSR count). The molecule has 0 N–H and O–H groups in total. The van der Waals surface area contributed by atoms with E-state index in [1.54, 1.807) is 12.1 Å². The molecule has 0 radical (unpaired) electrons. The highest BCUT2D eigenvalue weighted by Gasteiger charge is 2.21. The van der Waals surface area contributed by atoms with E-state index in [9.17, 15) is 8.78 Å². The highest BCUT2D eigenvalue weighted by Crippen LogP contribution is 2.34. The second-order valence-electron chi connectivity index (χ2n) is 9.27. The number of rotatable bonds is 10. The molecule has 0 unspecified atom stereocenters. The van der Waals surface area contributed by atoms with Crippen molar-refractivity contribution in [3.63, 3.8) is 0 Å². The molecule has 0 amide bonds. The quantitative estimate of drug-likeness (QED) is 0.342. The molecule has 0 aromatic heterocycles. The number of aryl methyl sites for hydroxylation is 2. The molecule has 1 aliphatic rings. The Morgan fingerprint density at radius 3 is 2.00 bits per heavy atom. The summed E-state index contributed by atoms with van der Waals surface area (Å²) < 4.78 is 29.6. The van der Waals surface area contributed by atoms with E-state index < -0.39 is 11.6 Å². The topological polar surface area (TPSA) is 0 Å². The van der Waals surface area contributed by atoms with E-state index in [4.69, 9.17) is 0 Å². The summed E-state index contributed by atoms with van der Waals surface area (Å²) in [6, 6.07) is 11.5. The second-order valence-corrected chi connectivity index (χ2v) is 9.27. The Hall–Kier alpha value is -1.70. The first-order valence-corrected chi connectivity index (χ1v) is 12.2. The molecule has 0 nitrogen and oxygen atoms in total. The molecular formula is C28H38F2. The monoisotopic (exact) mass is 412 g/mol. The molecule has 2 aromatic rings. The Labute approximate surface area is 182 Å². The van der Waals surface area contributed by atoms with Gasteiger partial charge >= 0.3 is 0 Å². The summed E-state index contributed by atoms with van der Waals surface area (Å²) in [6.07, 6.45) is 14.0. The van der Waals surface area contributed by atoms with Gasteiger partial charge in [0, 0.05) is 5.56 Å². The highest BCUT2D eigenvalue weighted by molar-refractivity contribution is 5.65. The molecule has 2 aromatic carbocycles. The maximum Gasteiger partial charge on any atom is 0.166 e. The summed E-state index contributed by atoms with van der Waals surface area (Å²) in [5, 5.41) is 0. The number of unbranched alkanes of at least 4 members (excludes halogenated alkanes) is 2. The first-order valence-electron chi connectivity index (χ1n) is 12.2. The Balaban J connectivity index is 1.59. The van der Waals surface area contributed by atoms with Gasteiger partial charge in [0.1, 0.15) is 0 Å². The van der Waals surface area contributed by atoms with Gasteiger partial charge in [-0.3, -0.25) is 0 Å². The molecule has 1 saturated carbocycles. The van der Waals surface area contributed by atoms with Crippen molar-refractivity contribution in [2.24, 2.45) is 11.8 Å². The lowest BCUT2D eigenvalue weighted by Gasteiger charge is -2.28. The highest BCUT2D eigenvalue weighted by atomic mass is 19.2. The van der Waals surface area contributed by atoms with E-state index in [0.717, 1.165) is 24.3 Å². The molecule has 0 aliphatic heterocycles. The van der Waals surface area contributed by atoms with Crippen LogP contribution in [-0.2, 0) is 12.8 Å². The van der Waals surface area contributed by atoms with Crippen LogP contribution in [0.3, 0.4) is 0 Å². The normalized spacial score (nSPS) is 19.2. The average Bonchev–Trinajstić information content (AvgIpc) is 2.77. The molecule has 0 bridgehead atoms.